The second-order valence-electron chi connectivity index (χ2n) is 9.42. The zero-order valence-electron chi connectivity index (χ0n) is 19.0. The van der Waals surface area contributed by atoms with Crippen molar-refractivity contribution >= 4 is 17.9 Å². The van der Waals surface area contributed by atoms with E-state index in [-0.39, 0.29) is 24.0 Å². The molecule has 3 rings (SSSR count). The summed E-state index contributed by atoms with van der Waals surface area (Å²) >= 11 is 0. The molecule has 6 nitrogen and oxygen atoms in total. The van der Waals surface area contributed by atoms with Crippen LogP contribution in [0.1, 0.15) is 68.6 Å². The maximum absolute atomic E-state index is 13.2. The average molecular weight is 423 g/mol. The van der Waals surface area contributed by atoms with Gasteiger partial charge in [-0.15, -0.1) is 0 Å². The van der Waals surface area contributed by atoms with Crippen molar-refractivity contribution < 1.29 is 19.1 Å². The van der Waals surface area contributed by atoms with Gasteiger partial charge >= 0.3 is 12.0 Å². The summed E-state index contributed by atoms with van der Waals surface area (Å²) < 4.78 is 5.18. The van der Waals surface area contributed by atoms with Crippen molar-refractivity contribution in [1.82, 2.24) is 10.2 Å². The lowest BCUT2D eigenvalue weighted by Crippen LogP contribution is -2.40. The molecule has 0 radical (unpaired) electrons. The van der Waals surface area contributed by atoms with Gasteiger partial charge in [-0.25, -0.2) is 9.59 Å². The number of carbonyl (C=O) groups excluding carboxylic acids is 3. The molecule has 6 heteroatoms. The van der Waals surface area contributed by atoms with Crippen LogP contribution in [0.25, 0.3) is 0 Å². The quantitative estimate of drug-likeness (QED) is 0.568. The van der Waals surface area contributed by atoms with E-state index in [2.05, 4.69) is 26.1 Å². The number of nitrogens with one attached hydrogen (secondary N) is 1. The van der Waals surface area contributed by atoms with Crippen LogP contribution in [0.15, 0.2) is 48.5 Å². The Morgan fingerprint density at radius 3 is 2.13 bits per heavy atom. The maximum Gasteiger partial charge on any atom is 0.338 e. The highest BCUT2D eigenvalue weighted by atomic mass is 16.5. The van der Waals surface area contributed by atoms with Gasteiger partial charge in [0.25, 0.3) is 5.91 Å². The Balaban J connectivity index is 1.76. The lowest BCUT2D eigenvalue weighted by molar-refractivity contribution is -0.131. The molecule has 2 aromatic rings. The lowest BCUT2D eigenvalue weighted by atomic mass is 9.84. The van der Waals surface area contributed by atoms with Crippen LogP contribution in [0.3, 0.4) is 0 Å². The molecule has 1 heterocycles. The molecule has 1 saturated heterocycles. The first kappa shape index (κ1) is 22.5. The lowest BCUT2D eigenvalue weighted by Gasteiger charge is -2.24. The van der Waals surface area contributed by atoms with Crippen molar-refractivity contribution in [3.05, 3.63) is 70.8 Å². The van der Waals surface area contributed by atoms with Gasteiger partial charge in [0, 0.05) is 0 Å². The highest BCUT2D eigenvalue weighted by molar-refractivity contribution is 6.07. The van der Waals surface area contributed by atoms with Gasteiger partial charge in [0.1, 0.15) is 5.54 Å². The summed E-state index contributed by atoms with van der Waals surface area (Å²) in [6.45, 7) is 11.8. The van der Waals surface area contributed by atoms with Gasteiger partial charge in [0.15, 0.2) is 0 Å². The number of nitrogens with zero attached hydrogens (tertiary/aromatic N) is 1. The highest BCUT2D eigenvalue weighted by Crippen LogP contribution is 2.31. The predicted molar refractivity (Wildman–Crippen MR) is 119 cm³/mol. The molecule has 0 saturated carbocycles. The minimum absolute atomic E-state index is 0.00214. The van der Waals surface area contributed by atoms with E-state index in [4.69, 9.17) is 4.74 Å². The normalized spacial score (nSPS) is 19.0. The molecule has 1 aliphatic heterocycles. The molecule has 1 N–H and O–H groups in total. The number of imide groups is 1. The Kier molecular flexibility index (Phi) is 5.94. The van der Waals surface area contributed by atoms with E-state index in [1.807, 2.05) is 24.3 Å². The number of urea groups is 1. The Labute approximate surface area is 183 Å². The van der Waals surface area contributed by atoms with Gasteiger partial charge in [0.05, 0.1) is 18.2 Å². The molecule has 0 bridgehead atoms. The van der Waals surface area contributed by atoms with Crippen molar-refractivity contribution in [3.63, 3.8) is 0 Å². The average Bonchev–Trinajstić information content (AvgIpc) is 2.91. The summed E-state index contributed by atoms with van der Waals surface area (Å²) in [6.07, 6.45) is -0.201. The second-order valence-corrected chi connectivity index (χ2v) is 9.42. The Morgan fingerprint density at radius 1 is 1.03 bits per heavy atom. The number of hydrogen-bond acceptors (Lipinski definition) is 4. The summed E-state index contributed by atoms with van der Waals surface area (Å²) in [6, 6.07) is 14.1. The Hall–Kier alpha value is -3.15. The standard InChI is InChI=1S/C25H30N2O4/c1-16(2)31-21(28)18-9-7-17(8-10-18)15-27-22(29)25(6,26-23(27)30)20-13-11-19(12-14-20)24(3,4)5/h7-14,16H,15H2,1-6H3,(H,26,30). The van der Waals surface area contributed by atoms with E-state index in [1.165, 1.54) is 4.90 Å². The smallest absolute Gasteiger partial charge is 0.338 e. The fraction of sp³-hybridized carbons (Fsp3) is 0.400. The van der Waals surface area contributed by atoms with E-state index in [0.717, 1.165) is 16.7 Å². The van der Waals surface area contributed by atoms with Crippen LogP contribution in [0.4, 0.5) is 4.79 Å². The highest BCUT2D eigenvalue weighted by Gasteiger charge is 2.48. The molecule has 1 aliphatic rings. The van der Waals surface area contributed by atoms with Gasteiger partial charge in [0.2, 0.25) is 0 Å². The zero-order chi connectivity index (χ0) is 23.0. The summed E-state index contributed by atoms with van der Waals surface area (Å²) in [7, 11) is 0. The second kappa shape index (κ2) is 8.17. The van der Waals surface area contributed by atoms with E-state index in [9.17, 15) is 14.4 Å². The molecule has 164 valence electrons. The molecule has 1 fully saturated rings. The first-order valence-electron chi connectivity index (χ1n) is 10.5. The zero-order valence-corrected chi connectivity index (χ0v) is 19.0. The monoisotopic (exact) mass is 422 g/mol. The predicted octanol–water partition coefficient (Wildman–Crippen LogP) is 4.52. The van der Waals surface area contributed by atoms with Crippen LogP contribution in [-0.2, 0) is 27.0 Å². The number of esters is 1. The number of rotatable bonds is 5. The molecule has 0 aliphatic carbocycles. The van der Waals surface area contributed by atoms with Crippen molar-refractivity contribution in [3.8, 4) is 0 Å². The number of carbonyl (C=O) groups is 3. The maximum atomic E-state index is 13.2. The summed E-state index contributed by atoms with van der Waals surface area (Å²) in [5, 5.41) is 2.84. The summed E-state index contributed by atoms with van der Waals surface area (Å²) in [5.74, 6) is -0.702. The van der Waals surface area contributed by atoms with E-state index in [0.29, 0.717) is 5.56 Å². The van der Waals surface area contributed by atoms with Crippen molar-refractivity contribution in [2.24, 2.45) is 0 Å². The fourth-order valence-corrected chi connectivity index (χ4v) is 3.55. The third-order valence-electron chi connectivity index (χ3n) is 5.48. The topological polar surface area (TPSA) is 75.7 Å². The number of amides is 3. The molecule has 2 aromatic carbocycles. The minimum atomic E-state index is -1.12. The van der Waals surface area contributed by atoms with Gasteiger partial charge in [-0.1, -0.05) is 57.2 Å². The van der Waals surface area contributed by atoms with Gasteiger partial charge in [-0.2, -0.15) is 0 Å². The molecule has 0 spiro atoms. The van der Waals surface area contributed by atoms with Gasteiger partial charge < -0.3 is 10.1 Å². The van der Waals surface area contributed by atoms with E-state index in [1.54, 1.807) is 45.0 Å². The third-order valence-corrected chi connectivity index (χ3v) is 5.48. The Bertz CT molecular complexity index is 988. The molecule has 1 unspecified atom stereocenters. The van der Waals surface area contributed by atoms with Crippen LogP contribution in [0.5, 0.6) is 0 Å². The van der Waals surface area contributed by atoms with Crippen LogP contribution in [0.2, 0.25) is 0 Å². The summed E-state index contributed by atoms with van der Waals surface area (Å²) in [4.78, 5) is 39.0. The van der Waals surface area contributed by atoms with Crippen LogP contribution in [0, 0.1) is 0 Å². The van der Waals surface area contributed by atoms with Gasteiger partial charge in [-0.05, 0) is 55.0 Å². The van der Waals surface area contributed by atoms with Crippen molar-refractivity contribution in [1.29, 1.82) is 0 Å². The third kappa shape index (κ3) is 4.63. The SMILES string of the molecule is CC(C)OC(=O)c1ccc(CN2C(=O)NC(C)(c3ccc(C(C)(C)C)cc3)C2=O)cc1. The molecule has 1 atom stereocenters. The fourth-order valence-electron chi connectivity index (χ4n) is 3.55. The first-order valence-corrected chi connectivity index (χ1v) is 10.5. The van der Waals surface area contributed by atoms with E-state index < -0.39 is 17.5 Å². The minimum Gasteiger partial charge on any atom is -0.459 e. The molecule has 31 heavy (non-hydrogen) atoms. The summed E-state index contributed by atoms with van der Waals surface area (Å²) in [5.41, 5.74) is 1.96. The van der Waals surface area contributed by atoms with E-state index >= 15 is 0 Å². The van der Waals surface area contributed by atoms with Crippen molar-refractivity contribution in [2.75, 3.05) is 0 Å². The number of benzene rings is 2. The molecule has 3 amide bonds. The van der Waals surface area contributed by atoms with Crippen LogP contribution in [-0.4, -0.2) is 28.9 Å². The molecular weight excluding hydrogens is 392 g/mol. The van der Waals surface area contributed by atoms with Crippen LogP contribution >= 0.6 is 0 Å². The van der Waals surface area contributed by atoms with Crippen molar-refractivity contribution in [2.45, 2.75) is 65.1 Å². The van der Waals surface area contributed by atoms with Crippen LogP contribution < -0.4 is 5.32 Å². The van der Waals surface area contributed by atoms with Gasteiger partial charge in [-0.3, -0.25) is 9.69 Å². The Morgan fingerprint density at radius 2 is 1.61 bits per heavy atom. The molecular formula is C25H30N2O4. The largest absolute Gasteiger partial charge is 0.459 e. The number of ether oxygens (including phenoxy) is 1. The first-order chi connectivity index (χ1) is 14.4. The molecule has 0 aromatic heterocycles. The number of hydrogen-bond donors (Lipinski definition) is 1.